The van der Waals surface area contributed by atoms with E-state index in [0.717, 1.165) is 64.2 Å². The molecular weight excluding hydrogens is 928 g/mol. The number of amides is 1. The van der Waals surface area contributed by atoms with E-state index in [4.69, 9.17) is 13.8 Å². The number of nitrogens with zero attached hydrogens (tertiary/aromatic N) is 1. The zero-order valence-electron chi connectivity index (χ0n) is 48.1. The zero-order valence-corrected chi connectivity index (χ0v) is 49.0. The van der Waals surface area contributed by atoms with Crippen molar-refractivity contribution in [1.82, 2.24) is 5.32 Å². The van der Waals surface area contributed by atoms with E-state index in [1.807, 2.05) is 94.1 Å². The molecule has 0 aromatic carbocycles. The summed E-state index contributed by atoms with van der Waals surface area (Å²) in [5.74, 6) is -0.589. The Kier molecular flexibility index (Phi) is 50.6. The van der Waals surface area contributed by atoms with Gasteiger partial charge in [-0.15, -0.1) is 0 Å². The van der Waals surface area contributed by atoms with Crippen molar-refractivity contribution in [3.63, 3.8) is 0 Å². The van der Waals surface area contributed by atoms with Gasteiger partial charge in [0.1, 0.15) is 19.3 Å². The van der Waals surface area contributed by atoms with E-state index in [-0.39, 0.29) is 31.3 Å². The number of hydrogen-bond donors (Lipinski definition) is 1. The van der Waals surface area contributed by atoms with E-state index in [2.05, 4.69) is 38.2 Å². The Balaban J connectivity index is 5.41. The van der Waals surface area contributed by atoms with Crippen molar-refractivity contribution in [2.24, 2.45) is 0 Å². The first-order valence-corrected chi connectivity index (χ1v) is 31.4. The maximum atomic E-state index is 13.5. The molecular formula is C63H113N2O7P. The summed E-state index contributed by atoms with van der Waals surface area (Å²) < 4.78 is 30.3. The molecule has 3 atom stereocenters. The molecule has 0 aromatic rings. The molecule has 1 N–H and O–H groups in total. The largest absolute Gasteiger partial charge is 0.756 e. The second-order valence-electron chi connectivity index (χ2n) is 21.3. The second kappa shape index (κ2) is 52.6. The van der Waals surface area contributed by atoms with Crippen molar-refractivity contribution in [2.45, 2.75) is 264 Å². The number of allylic oxidation sites excluding steroid dienone is 13. The summed E-state index contributed by atoms with van der Waals surface area (Å²) in [7, 11) is 1.15. The van der Waals surface area contributed by atoms with Crippen LogP contribution >= 0.6 is 7.82 Å². The molecule has 0 aliphatic heterocycles. The summed E-state index contributed by atoms with van der Waals surface area (Å²) in [5, 5.41) is 3.00. The van der Waals surface area contributed by atoms with Crippen molar-refractivity contribution >= 4 is 19.7 Å². The van der Waals surface area contributed by atoms with E-state index in [1.54, 1.807) is 0 Å². The molecule has 3 unspecified atom stereocenters. The first-order chi connectivity index (χ1) is 35.4. The van der Waals surface area contributed by atoms with Crippen molar-refractivity contribution in [3.8, 4) is 0 Å². The number of ether oxygens (including phenoxy) is 1. The van der Waals surface area contributed by atoms with Crippen LogP contribution in [-0.4, -0.2) is 69.4 Å². The highest BCUT2D eigenvalue weighted by atomic mass is 31.2. The third kappa shape index (κ3) is 53.8. The third-order valence-corrected chi connectivity index (χ3v) is 14.0. The standard InChI is InChI=1S/C63H113N2O7P/c1-7-10-13-16-19-22-25-28-30-32-34-37-40-43-46-49-52-55-62(66)64-60(59-71-73(68,69)70-58-57-65(4,5)6)61(54-51-48-45-42-39-36-27-24-21-18-15-12-9-3)72-63(67)56-53-50-47-44-41-38-35-33-31-29-26-23-20-17-14-11-8-2/h10,13,16,19,22,25,28,30,32,34,37,40,51,54,60-61H,7-9,11-12,14-15,17-18,20-21,23-24,26-27,29,31,33,35-36,38-39,41-50,52-53,55-59H2,1-6H3,(H-,64,66,68,69)/b13-10-,19-16+,25-22+,30-28-,34-32+,40-37+,54-51+. The fourth-order valence-electron chi connectivity index (χ4n) is 8.38. The predicted molar refractivity (Wildman–Crippen MR) is 311 cm³/mol. The average Bonchev–Trinajstić information content (AvgIpc) is 3.35. The Morgan fingerprint density at radius 2 is 0.877 bits per heavy atom. The molecule has 0 aliphatic carbocycles. The molecule has 10 heteroatoms. The monoisotopic (exact) mass is 1040 g/mol. The van der Waals surface area contributed by atoms with E-state index < -0.39 is 26.6 Å². The molecule has 0 bridgehead atoms. The lowest BCUT2D eigenvalue weighted by Crippen LogP contribution is -2.47. The van der Waals surface area contributed by atoms with Gasteiger partial charge < -0.3 is 28.5 Å². The number of nitrogens with one attached hydrogen (secondary N) is 1. The summed E-state index contributed by atoms with van der Waals surface area (Å²) >= 11 is 0. The Morgan fingerprint density at radius 1 is 0.493 bits per heavy atom. The lowest BCUT2D eigenvalue weighted by atomic mass is 10.0. The third-order valence-electron chi connectivity index (χ3n) is 13.0. The van der Waals surface area contributed by atoms with Crippen LogP contribution in [-0.2, 0) is 27.9 Å². The van der Waals surface area contributed by atoms with E-state index >= 15 is 0 Å². The van der Waals surface area contributed by atoms with Crippen molar-refractivity contribution in [3.05, 3.63) is 85.1 Å². The molecule has 0 spiro atoms. The fourth-order valence-corrected chi connectivity index (χ4v) is 9.10. The topological polar surface area (TPSA) is 114 Å². The molecule has 1 amide bonds. The number of unbranched alkanes of at least 4 members (excludes halogenated alkanes) is 30. The van der Waals surface area contributed by atoms with Gasteiger partial charge in [0.05, 0.1) is 33.8 Å². The van der Waals surface area contributed by atoms with Crippen LogP contribution in [0.5, 0.6) is 0 Å². The molecule has 0 rings (SSSR count). The van der Waals surface area contributed by atoms with Gasteiger partial charge >= 0.3 is 5.97 Å². The molecule has 0 heterocycles. The van der Waals surface area contributed by atoms with Crippen LogP contribution in [0.4, 0.5) is 0 Å². The minimum absolute atomic E-state index is 0.0340. The van der Waals surface area contributed by atoms with Crippen molar-refractivity contribution in [2.75, 3.05) is 40.9 Å². The van der Waals surface area contributed by atoms with E-state index in [1.165, 1.54) is 148 Å². The zero-order chi connectivity index (χ0) is 53.6. The highest BCUT2D eigenvalue weighted by Crippen LogP contribution is 2.38. The number of hydrogen-bond acceptors (Lipinski definition) is 7. The van der Waals surface area contributed by atoms with Crippen LogP contribution in [0.2, 0.25) is 0 Å². The molecule has 422 valence electrons. The maximum Gasteiger partial charge on any atom is 0.306 e. The first-order valence-electron chi connectivity index (χ1n) is 30.0. The van der Waals surface area contributed by atoms with Gasteiger partial charge in [0.2, 0.25) is 5.91 Å². The van der Waals surface area contributed by atoms with Crippen molar-refractivity contribution in [1.29, 1.82) is 0 Å². The number of carbonyl (C=O) groups is 2. The summed E-state index contributed by atoms with van der Waals surface area (Å²) in [4.78, 5) is 39.9. The molecule has 0 saturated heterocycles. The Morgan fingerprint density at radius 3 is 1.33 bits per heavy atom. The van der Waals surface area contributed by atoms with Crippen LogP contribution in [0, 0.1) is 0 Å². The number of likely N-dealkylation sites (N-methyl/N-ethyl adjacent to an activating group) is 1. The van der Waals surface area contributed by atoms with E-state index in [9.17, 15) is 19.0 Å². The summed E-state index contributed by atoms with van der Waals surface area (Å²) in [6, 6.07) is -0.913. The number of esters is 1. The molecule has 0 radical (unpaired) electrons. The number of quaternary nitrogens is 1. The summed E-state index contributed by atoms with van der Waals surface area (Å²) in [6.45, 7) is 6.67. The minimum Gasteiger partial charge on any atom is -0.756 e. The van der Waals surface area contributed by atoms with Gasteiger partial charge in [0.15, 0.2) is 0 Å². The SMILES string of the molecule is CC\C=C/C=C/C=C/C=C\C=C\C=C\CCCCCC(=O)NC(COP(=O)([O-])OCC[N+](C)(C)C)C(/C=C/CCCCCCCCCCCCC)OC(=O)CCCCCCCCCCCCCCCCCCC. The highest BCUT2D eigenvalue weighted by molar-refractivity contribution is 7.45. The number of phosphoric acid groups is 1. The summed E-state index contributed by atoms with van der Waals surface area (Å²) in [5.41, 5.74) is 0. The number of rotatable bonds is 53. The highest BCUT2D eigenvalue weighted by Gasteiger charge is 2.27. The van der Waals surface area contributed by atoms with Gasteiger partial charge in [-0.3, -0.25) is 14.2 Å². The minimum atomic E-state index is -4.71. The smallest absolute Gasteiger partial charge is 0.306 e. The Bertz CT molecular complexity index is 1530. The van der Waals surface area contributed by atoms with Crippen LogP contribution in [0.3, 0.4) is 0 Å². The maximum absolute atomic E-state index is 13.5. The molecule has 0 aliphatic rings. The quantitative estimate of drug-likeness (QED) is 0.0161. The van der Waals surface area contributed by atoms with Gasteiger partial charge in [-0.2, -0.15) is 0 Å². The van der Waals surface area contributed by atoms with Crippen LogP contribution in [0.1, 0.15) is 252 Å². The lowest BCUT2D eigenvalue weighted by molar-refractivity contribution is -0.870. The average molecular weight is 1040 g/mol. The predicted octanol–water partition coefficient (Wildman–Crippen LogP) is 17.6. The Hall–Kier alpha value is -2.81. The van der Waals surface area contributed by atoms with Gasteiger partial charge in [-0.25, -0.2) is 0 Å². The first kappa shape index (κ1) is 70.2. The molecule has 0 fully saturated rings. The Labute approximate surface area is 450 Å². The lowest BCUT2D eigenvalue weighted by Gasteiger charge is -2.30. The molecule has 9 nitrogen and oxygen atoms in total. The molecule has 0 aromatic heterocycles. The van der Waals surface area contributed by atoms with Crippen molar-refractivity contribution < 1.29 is 37.3 Å². The van der Waals surface area contributed by atoms with Gasteiger partial charge in [0.25, 0.3) is 7.82 Å². The normalized spacial score (nSPS) is 14.3. The number of carbonyl (C=O) groups excluding carboxylic acids is 2. The van der Waals surface area contributed by atoms with Crippen LogP contribution in [0.15, 0.2) is 85.1 Å². The number of phosphoric ester groups is 1. The second-order valence-corrected chi connectivity index (χ2v) is 22.7. The molecule has 0 saturated carbocycles. The van der Waals surface area contributed by atoms with E-state index in [0.29, 0.717) is 17.4 Å². The van der Waals surface area contributed by atoms with Gasteiger partial charge in [-0.05, 0) is 51.0 Å². The van der Waals surface area contributed by atoms with Gasteiger partial charge in [0, 0.05) is 12.8 Å². The van der Waals surface area contributed by atoms with Gasteiger partial charge in [-0.1, -0.05) is 273 Å². The summed E-state index contributed by atoms with van der Waals surface area (Å²) in [6.07, 6.45) is 68.3. The molecule has 73 heavy (non-hydrogen) atoms. The van der Waals surface area contributed by atoms with Crippen LogP contribution in [0.25, 0.3) is 0 Å². The van der Waals surface area contributed by atoms with Crippen LogP contribution < -0.4 is 10.2 Å². The fraction of sp³-hybridized carbons (Fsp3) is 0.746.